The van der Waals surface area contributed by atoms with Gasteiger partial charge in [0, 0.05) is 19.5 Å². The Hall–Kier alpha value is -1.43. The van der Waals surface area contributed by atoms with Gasteiger partial charge in [-0.3, -0.25) is 9.69 Å². The third-order valence-corrected chi connectivity index (χ3v) is 4.71. The van der Waals surface area contributed by atoms with Gasteiger partial charge < -0.3 is 9.63 Å². The number of hydrogen-bond donors (Lipinski definition) is 1. The molecule has 1 N–H and O–H groups in total. The highest BCUT2D eigenvalue weighted by molar-refractivity contribution is 5.76. The molecule has 1 aliphatic heterocycles. The van der Waals surface area contributed by atoms with E-state index in [4.69, 9.17) is 4.52 Å². The van der Waals surface area contributed by atoms with E-state index in [1.165, 1.54) is 0 Å². The second-order valence-electron chi connectivity index (χ2n) is 6.07. The highest BCUT2D eigenvalue weighted by Crippen LogP contribution is 2.49. The number of carboxylic acids is 1. The van der Waals surface area contributed by atoms with Crippen molar-refractivity contribution in [2.24, 2.45) is 11.3 Å². The zero-order valence-corrected chi connectivity index (χ0v) is 11.8. The fourth-order valence-electron chi connectivity index (χ4n) is 3.73. The van der Waals surface area contributed by atoms with E-state index < -0.39 is 11.4 Å². The number of aliphatic carboxylic acids is 1. The van der Waals surface area contributed by atoms with Crippen LogP contribution >= 0.6 is 0 Å². The molecule has 0 aromatic carbocycles. The van der Waals surface area contributed by atoms with Gasteiger partial charge in [-0.25, -0.2) is 0 Å². The Morgan fingerprint density at radius 3 is 3.15 bits per heavy atom. The SMILES string of the molecule is CCCc1nc(CN2C[C@@H]3CCC[C@@]3(C(=O)O)C2)no1. The summed E-state index contributed by atoms with van der Waals surface area (Å²) in [5, 5.41) is 13.5. The van der Waals surface area contributed by atoms with Crippen molar-refractivity contribution in [3.05, 3.63) is 11.7 Å². The summed E-state index contributed by atoms with van der Waals surface area (Å²) in [6.07, 6.45) is 4.64. The topological polar surface area (TPSA) is 79.5 Å². The van der Waals surface area contributed by atoms with Crippen LogP contribution in [0.15, 0.2) is 4.52 Å². The highest BCUT2D eigenvalue weighted by atomic mass is 16.5. The minimum Gasteiger partial charge on any atom is -0.481 e. The van der Waals surface area contributed by atoms with E-state index in [1.54, 1.807) is 0 Å². The van der Waals surface area contributed by atoms with Gasteiger partial charge in [0.05, 0.1) is 12.0 Å². The second kappa shape index (κ2) is 5.16. The number of hydrogen-bond acceptors (Lipinski definition) is 5. The molecule has 6 nitrogen and oxygen atoms in total. The second-order valence-corrected chi connectivity index (χ2v) is 6.07. The molecule has 0 amide bonds. The Morgan fingerprint density at radius 2 is 2.45 bits per heavy atom. The van der Waals surface area contributed by atoms with Crippen LogP contribution in [0.2, 0.25) is 0 Å². The van der Waals surface area contributed by atoms with Crippen LogP contribution in [0.4, 0.5) is 0 Å². The lowest BCUT2D eigenvalue weighted by atomic mass is 9.81. The molecule has 6 heteroatoms. The van der Waals surface area contributed by atoms with Crippen molar-refractivity contribution < 1.29 is 14.4 Å². The van der Waals surface area contributed by atoms with Crippen LogP contribution in [0.5, 0.6) is 0 Å². The largest absolute Gasteiger partial charge is 0.481 e. The highest BCUT2D eigenvalue weighted by Gasteiger charge is 2.54. The first-order valence-corrected chi connectivity index (χ1v) is 7.41. The summed E-state index contributed by atoms with van der Waals surface area (Å²) >= 11 is 0. The lowest BCUT2D eigenvalue weighted by molar-refractivity contribution is -0.149. The predicted octanol–water partition coefficient (Wildman–Crippen LogP) is 1.71. The van der Waals surface area contributed by atoms with Crippen molar-refractivity contribution in [3.63, 3.8) is 0 Å². The smallest absolute Gasteiger partial charge is 0.311 e. The lowest BCUT2D eigenvalue weighted by Crippen LogP contribution is -2.35. The van der Waals surface area contributed by atoms with Crippen molar-refractivity contribution >= 4 is 5.97 Å². The number of aromatic nitrogens is 2. The Kier molecular flexibility index (Phi) is 3.50. The number of nitrogens with zero attached hydrogens (tertiary/aromatic N) is 3. The van der Waals surface area contributed by atoms with E-state index in [0.29, 0.717) is 24.8 Å². The summed E-state index contributed by atoms with van der Waals surface area (Å²) in [6, 6.07) is 0. The van der Waals surface area contributed by atoms with E-state index in [9.17, 15) is 9.90 Å². The summed E-state index contributed by atoms with van der Waals surface area (Å²) in [4.78, 5) is 18.1. The molecule has 1 aromatic heterocycles. The fourth-order valence-corrected chi connectivity index (χ4v) is 3.73. The van der Waals surface area contributed by atoms with Crippen molar-refractivity contribution in [1.29, 1.82) is 0 Å². The third kappa shape index (κ3) is 2.22. The van der Waals surface area contributed by atoms with Gasteiger partial charge in [0.2, 0.25) is 5.89 Å². The molecule has 1 saturated heterocycles. The number of carbonyl (C=O) groups is 1. The molecule has 3 rings (SSSR count). The standard InChI is InChI=1S/C14H21N3O3/c1-2-4-12-15-11(16-20-12)8-17-7-10-5-3-6-14(10,9-17)13(18)19/h10H,2-9H2,1H3,(H,18,19)/t10-,14+/m0/s1. The number of rotatable bonds is 5. The first-order chi connectivity index (χ1) is 9.64. The van der Waals surface area contributed by atoms with E-state index in [1.807, 2.05) is 0 Å². The van der Waals surface area contributed by atoms with Gasteiger partial charge in [-0.05, 0) is 25.2 Å². The maximum Gasteiger partial charge on any atom is 0.311 e. The molecule has 0 radical (unpaired) electrons. The lowest BCUT2D eigenvalue weighted by Gasteiger charge is -2.23. The van der Waals surface area contributed by atoms with Crippen LogP contribution in [0.25, 0.3) is 0 Å². The summed E-state index contributed by atoms with van der Waals surface area (Å²) in [5.41, 5.74) is -0.532. The van der Waals surface area contributed by atoms with Gasteiger partial charge in [-0.2, -0.15) is 4.98 Å². The first-order valence-electron chi connectivity index (χ1n) is 7.41. The molecule has 2 heterocycles. The number of likely N-dealkylation sites (tertiary alicyclic amines) is 1. The molecule has 20 heavy (non-hydrogen) atoms. The molecule has 1 saturated carbocycles. The monoisotopic (exact) mass is 279 g/mol. The summed E-state index contributed by atoms with van der Waals surface area (Å²) in [7, 11) is 0. The van der Waals surface area contributed by atoms with E-state index in [-0.39, 0.29) is 5.92 Å². The van der Waals surface area contributed by atoms with Gasteiger partial charge in [0.15, 0.2) is 5.82 Å². The van der Waals surface area contributed by atoms with Gasteiger partial charge in [0.25, 0.3) is 0 Å². The zero-order valence-electron chi connectivity index (χ0n) is 11.8. The molecular weight excluding hydrogens is 258 g/mol. The van der Waals surface area contributed by atoms with Crippen molar-refractivity contribution in [3.8, 4) is 0 Å². The quantitative estimate of drug-likeness (QED) is 0.884. The molecule has 1 aliphatic carbocycles. The normalized spacial score (nSPS) is 29.8. The van der Waals surface area contributed by atoms with Crippen LogP contribution in [0.1, 0.15) is 44.3 Å². The van der Waals surface area contributed by atoms with Crippen molar-refractivity contribution in [2.75, 3.05) is 13.1 Å². The van der Waals surface area contributed by atoms with E-state index in [2.05, 4.69) is 22.0 Å². The average molecular weight is 279 g/mol. The summed E-state index contributed by atoms with van der Waals surface area (Å²) in [5.74, 6) is 0.994. The first kappa shape index (κ1) is 13.5. The van der Waals surface area contributed by atoms with Crippen LogP contribution in [0.3, 0.4) is 0 Å². The van der Waals surface area contributed by atoms with Crippen molar-refractivity contribution in [1.82, 2.24) is 15.0 Å². The molecule has 2 atom stereocenters. The molecule has 2 fully saturated rings. The zero-order chi connectivity index (χ0) is 14.2. The number of carboxylic acid groups (broad SMARTS) is 1. The fraction of sp³-hybridized carbons (Fsp3) is 0.786. The molecule has 0 bridgehead atoms. The number of aryl methyl sites for hydroxylation is 1. The summed E-state index contributed by atoms with van der Waals surface area (Å²) < 4.78 is 5.18. The van der Waals surface area contributed by atoms with Crippen molar-refractivity contribution in [2.45, 2.75) is 45.6 Å². The third-order valence-electron chi connectivity index (χ3n) is 4.71. The molecule has 110 valence electrons. The van der Waals surface area contributed by atoms with E-state index in [0.717, 1.165) is 38.6 Å². The van der Waals surface area contributed by atoms with Gasteiger partial charge in [-0.1, -0.05) is 18.5 Å². The van der Waals surface area contributed by atoms with Gasteiger partial charge in [-0.15, -0.1) is 0 Å². The molecular formula is C14H21N3O3. The minimum atomic E-state index is -0.637. The maximum atomic E-state index is 11.6. The van der Waals surface area contributed by atoms with Gasteiger partial charge >= 0.3 is 5.97 Å². The van der Waals surface area contributed by atoms with Crippen LogP contribution in [-0.4, -0.2) is 39.2 Å². The van der Waals surface area contributed by atoms with Crippen LogP contribution in [0, 0.1) is 11.3 Å². The predicted molar refractivity (Wildman–Crippen MR) is 71.0 cm³/mol. The molecule has 0 unspecified atom stereocenters. The Morgan fingerprint density at radius 1 is 1.60 bits per heavy atom. The maximum absolute atomic E-state index is 11.6. The van der Waals surface area contributed by atoms with E-state index >= 15 is 0 Å². The Labute approximate surface area is 118 Å². The molecule has 1 aromatic rings. The Bertz CT molecular complexity index is 502. The minimum absolute atomic E-state index is 0.280. The number of fused-ring (bicyclic) bond motifs is 1. The van der Waals surface area contributed by atoms with Gasteiger partial charge in [0.1, 0.15) is 0 Å². The summed E-state index contributed by atoms with van der Waals surface area (Å²) in [6.45, 7) is 4.12. The average Bonchev–Trinajstić information content (AvgIpc) is 3.04. The van der Waals surface area contributed by atoms with Crippen LogP contribution in [-0.2, 0) is 17.8 Å². The van der Waals surface area contributed by atoms with Crippen LogP contribution < -0.4 is 0 Å². The molecule has 2 aliphatic rings. The Balaban J connectivity index is 1.66. The molecule has 0 spiro atoms.